The first kappa shape index (κ1) is 23.9. The molecule has 0 amide bonds. The summed E-state index contributed by atoms with van der Waals surface area (Å²) in [5.74, 6) is 2.69. The van der Waals surface area contributed by atoms with E-state index in [1.165, 1.54) is 0 Å². The molecule has 0 radical (unpaired) electrons. The van der Waals surface area contributed by atoms with Crippen LogP contribution in [-0.2, 0) is 27.8 Å². The fourth-order valence-corrected chi connectivity index (χ4v) is 3.88. The van der Waals surface area contributed by atoms with Crippen molar-refractivity contribution in [2.75, 3.05) is 39.7 Å². The molecule has 0 bridgehead atoms. The van der Waals surface area contributed by atoms with Gasteiger partial charge in [0, 0.05) is 68.1 Å². The van der Waals surface area contributed by atoms with Crippen molar-refractivity contribution in [2.45, 2.75) is 25.6 Å². The van der Waals surface area contributed by atoms with Crippen LogP contribution in [0.5, 0.6) is 5.75 Å². The van der Waals surface area contributed by atoms with Gasteiger partial charge in [0.05, 0.1) is 6.61 Å². The summed E-state index contributed by atoms with van der Waals surface area (Å²) in [6, 6.07) is 16.1. The molecule has 2 N–H and O–H groups in total. The molecule has 2 rings (SSSR count). The number of hydrogen-bond donors (Lipinski definition) is 2. The third kappa shape index (κ3) is 8.97. The first-order valence-electron chi connectivity index (χ1n) is 10.2. The first-order valence-corrected chi connectivity index (χ1v) is 11.7. The molecule has 0 saturated carbocycles. The first-order chi connectivity index (χ1) is 14.6. The molecule has 0 aromatic heterocycles. The van der Waals surface area contributed by atoms with Gasteiger partial charge < -0.3 is 20.1 Å². The molecule has 0 aliphatic rings. The van der Waals surface area contributed by atoms with E-state index in [2.05, 4.69) is 34.7 Å². The van der Waals surface area contributed by atoms with Crippen molar-refractivity contribution in [3.8, 4) is 5.75 Å². The quantitative estimate of drug-likeness (QED) is 0.307. The Morgan fingerprint density at radius 2 is 1.90 bits per heavy atom. The average Bonchev–Trinajstić information content (AvgIpc) is 2.75. The number of nitrogens with one attached hydrogen (secondary N) is 2. The van der Waals surface area contributed by atoms with Crippen molar-refractivity contribution in [1.29, 1.82) is 0 Å². The predicted molar refractivity (Wildman–Crippen MR) is 125 cm³/mol. The Morgan fingerprint density at radius 3 is 2.63 bits per heavy atom. The summed E-state index contributed by atoms with van der Waals surface area (Å²) in [7, 11) is 2.51. The molecule has 0 aliphatic heterocycles. The van der Waals surface area contributed by atoms with E-state index in [1.807, 2.05) is 36.4 Å². The molecule has 2 aromatic rings. The molecule has 164 valence electrons. The van der Waals surface area contributed by atoms with Gasteiger partial charge in [-0.2, -0.15) is 0 Å². The van der Waals surface area contributed by atoms with E-state index in [4.69, 9.17) is 9.47 Å². The Labute approximate surface area is 182 Å². The summed E-state index contributed by atoms with van der Waals surface area (Å²) in [6.45, 7) is 4.53. The molecular weight excluding hydrogens is 398 g/mol. The molecule has 0 fully saturated rings. The van der Waals surface area contributed by atoms with Crippen molar-refractivity contribution in [1.82, 2.24) is 10.6 Å². The number of ether oxygens (including phenoxy) is 2. The topological polar surface area (TPSA) is 72.0 Å². The van der Waals surface area contributed by atoms with Gasteiger partial charge in [-0.25, -0.2) is 0 Å². The molecule has 0 heterocycles. The highest BCUT2D eigenvalue weighted by molar-refractivity contribution is 7.84. The number of methoxy groups -OCH3 is 1. The van der Waals surface area contributed by atoms with Gasteiger partial charge >= 0.3 is 0 Å². The summed E-state index contributed by atoms with van der Waals surface area (Å²) >= 11 is 0. The van der Waals surface area contributed by atoms with Gasteiger partial charge in [-0.05, 0) is 24.1 Å². The number of guanidine groups is 1. The number of nitrogens with zero attached hydrogens (tertiary/aromatic N) is 1. The zero-order chi connectivity index (χ0) is 21.6. The van der Waals surface area contributed by atoms with Crippen LogP contribution in [0, 0.1) is 6.92 Å². The maximum absolute atomic E-state index is 12.3. The van der Waals surface area contributed by atoms with E-state index in [-0.39, 0.29) is 0 Å². The molecule has 0 aliphatic carbocycles. The second-order valence-corrected chi connectivity index (χ2v) is 8.51. The smallest absolute Gasteiger partial charge is 0.191 e. The Hall–Kier alpha value is -2.38. The van der Waals surface area contributed by atoms with Gasteiger partial charge in [0.2, 0.25) is 0 Å². The fourth-order valence-electron chi connectivity index (χ4n) is 2.84. The molecule has 1 unspecified atom stereocenters. The summed E-state index contributed by atoms with van der Waals surface area (Å²) in [6.07, 6.45) is 0.848. The van der Waals surface area contributed by atoms with Gasteiger partial charge in [-0.3, -0.25) is 9.20 Å². The Balaban J connectivity index is 1.78. The average molecular weight is 432 g/mol. The number of benzene rings is 2. The van der Waals surface area contributed by atoms with Crippen LogP contribution >= 0.6 is 0 Å². The van der Waals surface area contributed by atoms with Crippen LogP contribution in [0.25, 0.3) is 0 Å². The zero-order valence-corrected chi connectivity index (χ0v) is 19.0. The molecule has 2 aromatic carbocycles. The van der Waals surface area contributed by atoms with Crippen LogP contribution in [0.3, 0.4) is 0 Å². The van der Waals surface area contributed by atoms with Crippen molar-refractivity contribution in [3.05, 3.63) is 65.2 Å². The van der Waals surface area contributed by atoms with E-state index < -0.39 is 10.8 Å². The maximum atomic E-state index is 12.3. The molecule has 1 atom stereocenters. The van der Waals surface area contributed by atoms with Gasteiger partial charge in [0.15, 0.2) is 5.96 Å². The van der Waals surface area contributed by atoms with Gasteiger partial charge in [0.25, 0.3) is 0 Å². The maximum Gasteiger partial charge on any atom is 0.191 e. The van der Waals surface area contributed by atoms with E-state index in [1.54, 1.807) is 14.2 Å². The third-order valence-electron chi connectivity index (χ3n) is 4.44. The molecular formula is C23H33N3O3S. The van der Waals surface area contributed by atoms with Crippen LogP contribution in [0.4, 0.5) is 0 Å². The molecule has 6 nitrogen and oxygen atoms in total. The molecule has 0 spiro atoms. The van der Waals surface area contributed by atoms with Crippen LogP contribution in [0.15, 0.2) is 53.5 Å². The monoisotopic (exact) mass is 431 g/mol. The number of aryl methyl sites for hydroxylation is 1. The van der Waals surface area contributed by atoms with E-state index in [9.17, 15) is 4.21 Å². The summed E-state index contributed by atoms with van der Waals surface area (Å²) in [5.41, 5.74) is 3.31. The lowest BCUT2D eigenvalue weighted by atomic mass is 10.1. The Morgan fingerprint density at radius 1 is 1.10 bits per heavy atom. The highest BCUT2D eigenvalue weighted by Gasteiger charge is 2.07. The number of aliphatic imine (C=N–C) groups is 1. The number of hydrogen-bond acceptors (Lipinski definition) is 4. The summed E-state index contributed by atoms with van der Waals surface area (Å²) in [5, 5.41) is 6.54. The molecule has 0 saturated heterocycles. The third-order valence-corrected chi connectivity index (χ3v) is 5.75. The highest BCUT2D eigenvalue weighted by Crippen LogP contribution is 2.20. The molecule has 7 heteroatoms. The minimum atomic E-state index is -0.917. The van der Waals surface area contributed by atoms with Crippen molar-refractivity contribution < 1.29 is 13.7 Å². The van der Waals surface area contributed by atoms with E-state index in [0.717, 1.165) is 28.9 Å². The molecule has 30 heavy (non-hydrogen) atoms. The lowest BCUT2D eigenvalue weighted by Crippen LogP contribution is -2.38. The normalized spacial score (nSPS) is 12.4. The lowest BCUT2D eigenvalue weighted by Gasteiger charge is -2.15. The minimum Gasteiger partial charge on any atom is -0.493 e. The Bertz CT molecular complexity index is 813. The minimum absolute atomic E-state index is 0.563. The van der Waals surface area contributed by atoms with Crippen molar-refractivity contribution in [2.24, 2.45) is 4.99 Å². The number of rotatable bonds is 12. The van der Waals surface area contributed by atoms with Gasteiger partial charge in [-0.1, -0.05) is 42.5 Å². The summed E-state index contributed by atoms with van der Waals surface area (Å²) < 4.78 is 23.3. The largest absolute Gasteiger partial charge is 0.493 e. The van der Waals surface area contributed by atoms with Crippen LogP contribution in [0.2, 0.25) is 0 Å². The second-order valence-electron chi connectivity index (χ2n) is 6.93. The second kappa shape index (κ2) is 13.8. The fraction of sp³-hybridized carbons (Fsp3) is 0.435. The van der Waals surface area contributed by atoms with Crippen LogP contribution in [0.1, 0.15) is 23.1 Å². The SMILES string of the molecule is CN=C(NCCS(=O)Cc1ccccc1)NCc1ccc(C)cc1OCCCOC. The van der Waals surface area contributed by atoms with Crippen molar-refractivity contribution in [3.63, 3.8) is 0 Å². The standard InChI is InChI=1S/C23H33N3O3S/c1-19-10-11-21(22(16-19)29-14-7-13-28-3)17-26-23(24-2)25-12-15-30(27)18-20-8-5-4-6-9-20/h4-6,8-11,16H,7,12-15,17-18H2,1-3H3,(H2,24,25,26). The highest BCUT2D eigenvalue weighted by atomic mass is 32.2. The van der Waals surface area contributed by atoms with Gasteiger partial charge in [0.1, 0.15) is 5.75 Å². The summed E-state index contributed by atoms with van der Waals surface area (Å²) in [4.78, 5) is 4.26. The van der Waals surface area contributed by atoms with Crippen LogP contribution < -0.4 is 15.4 Å². The lowest BCUT2D eigenvalue weighted by molar-refractivity contribution is 0.171. The Kier molecular flexibility index (Phi) is 11.0. The predicted octanol–water partition coefficient (Wildman–Crippen LogP) is 3.02. The van der Waals surface area contributed by atoms with Gasteiger partial charge in [-0.15, -0.1) is 0 Å². The zero-order valence-electron chi connectivity index (χ0n) is 18.1. The van der Waals surface area contributed by atoms with E-state index in [0.29, 0.717) is 43.8 Å². The van der Waals surface area contributed by atoms with Crippen molar-refractivity contribution >= 4 is 16.8 Å². The van der Waals surface area contributed by atoms with E-state index >= 15 is 0 Å². The van der Waals surface area contributed by atoms with Crippen LogP contribution in [-0.4, -0.2) is 49.8 Å².